The molecule has 130 valence electrons. The summed E-state index contributed by atoms with van der Waals surface area (Å²) in [5.74, 6) is -1.30. The molecule has 0 aliphatic heterocycles. The molecule has 0 fully saturated rings. The lowest BCUT2D eigenvalue weighted by molar-refractivity contribution is -0.138. The average Bonchev–Trinajstić information content (AvgIpc) is 2.66. The molecule has 2 aromatic carbocycles. The molecule has 0 spiro atoms. The van der Waals surface area contributed by atoms with Crippen molar-refractivity contribution in [3.63, 3.8) is 0 Å². The van der Waals surface area contributed by atoms with Crippen LogP contribution in [-0.4, -0.2) is 26.2 Å². The lowest BCUT2D eigenvalue weighted by atomic mass is 10.2. The number of anilines is 2. The summed E-state index contributed by atoms with van der Waals surface area (Å²) in [7, 11) is 2.48. The van der Waals surface area contributed by atoms with Gasteiger partial charge in [0.1, 0.15) is 5.70 Å². The van der Waals surface area contributed by atoms with E-state index in [0.29, 0.717) is 12.2 Å². The van der Waals surface area contributed by atoms with Gasteiger partial charge < -0.3 is 20.1 Å². The van der Waals surface area contributed by atoms with Crippen LogP contribution in [0, 0.1) is 0 Å². The summed E-state index contributed by atoms with van der Waals surface area (Å²) in [5.41, 5.74) is 2.76. The van der Waals surface area contributed by atoms with Gasteiger partial charge in [0.2, 0.25) is 0 Å². The molecule has 0 radical (unpaired) electrons. The molecular weight excluding hydrogens is 320 g/mol. The number of rotatable bonds is 7. The summed E-state index contributed by atoms with van der Waals surface area (Å²) in [4.78, 5) is 23.1. The van der Waals surface area contributed by atoms with Crippen LogP contribution < -0.4 is 10.6 Å². The summed E-state index contributed by atoms with van der Waals surface area (Å²) in [6.07, 6.45) is 1.05. The monoisotopic (exact) mass is 340 g/mol. The molecule has 0 unspecified atom stereocenters. The Morgan fingerprint density at radius 3 is 2.16 bits per heavy atom. The van der Waals surface area contributed by atoms with Gasteiger partial charge in [-0.05, 0) is 29.8 Å². The zero-order valence-electron chi connectivity index (χ0n) is 14.1. The molecule has 0 bridgehead atoms. The molecule has 0 aliphatic carbocycles. The first kappa shape index (κ1) is 18.1. The number of hydrogen-bond donors (Lipinski definition) is 2. The Hall–Kier alpha value is -3.28. The second-order valence-electron chi connectivity index (χ2n) is 5.11. The number of hydrogen-bond acceptors (Lipinski definition) is 6. The van der Waals surface area contributed by atoms with Crippen molar-refractivity contribution in [1.29, 1.82) is 0 Å². The van der Waals surface area contributed by atoms with Gasteiger partial charge in [-0.15, -0.1) is 0 Å². The van der Waals surface area contributed by atoms with Crippen LogP contribution in [0.1, 0.15) is 5.56 Å². The minimum Gasteiger partial charge on any atom is -0.466 e. The van der Waals surface area contributed by atoms with Gasteiger partial charge in [-0.3, -0.25) is 0 Å². The van der Waals surface area contributed by atoms with E-state index in [9.17, 15) is 9.59 Å². The van der Waals surface area contributed by atoms with Gasteiger partial charge >= 0.3 is 11.9 Å². The predicted molar refractivity (Wildman–Crippen MR) is 95.9 cm³/mol. The third-order valence-electron chi connectivity index (χ3n) is 3.37. The van der Waals surface area contributed by atoms with E-state index in [-0.39, 0.29) is 5.70 Å². The van der Waals surface area contributed by atoms with Crippen molar-refractivity contribution in [3.8, 4) is 0 Å². The van der Waals surface area contributed by atoms with Crippen LogP contribution >= 0.6 is 0 Å². The van der Waals surface area contributed by atoms with Crippen molar-refractivity contribution < 1.29 is 19.1 Å². The molecule has 2 N–H and O–H groups in total. The van der Waals surface area contributed by atoms with Gasteiger partial charge in [0.15, 0.2) is 0 Å². The zero-order chi connectivity index (χ0) is 18.1. The van der Waals surface area contributed by atoms with Gasteiger partial charge in [0.05, 0.1) is 20.3 Å². The Balaban J connectivity index is 2.01. The van der Waals surface area contributed by atoms with Crippen molar-refractivity contribution >= 4 is 23.3 Å². The predicted octanol–water partition coefficient (Wildman–Crippen LogP) is 2.94. The van der Waals surface area contributed by atoms with E-state index >= 15 is 0 Å². The van der Waals surface area contributed by atoms with E-state index < -0.39 is 11.9 Å². The molecule has 0 heterocycles. The number of methoxy groups -OCH3 is 2. The van der Waals surface area contributed by atoms with E-state index in [4.69, 9.17) is 0 Å². The fourth-order valence-corrected chi connectivity index (χ4v) is 2.06. The fraction of sp³-hybridized carbons (Fsp3) is 0.158. The van der Waals surface area contributed by atoms with Crippen LogP contribution in [0.4, 0.5) is 11.4 Å². The number of ether oxygens (including phenoxy) is 2. The van der Waals surface area contributed by atoms with Crippen molar-refractivity contribution in [2.45, 2.75) is 6.54 Å². The van der Waals surface area contributed by atoms with Gasteiger partial charge in [-0.25, -0.2) is 9.59 Å². The highest BCUT2D eigenvalue weighted by Gasteiger charge is 2.12. The van der Waals surface area contributed by atoms with Crippen molar-refractivity contribution in [1.82, 2.24) is 0 Å². The van der Waals surface area contributed by atoms with Crippen molar-refractivity contribution in [2.24, 2.45) is 0 Å². The summed E-state index contributed by atoms with van der Waals surface area (Å²) in [6.45, 7) is 0.712. The van der Waals surface area contributed by atoms with Gasteiger partial charge in [0.25, 0.3) is 0 Å². The Kier molecular flexibility index (Phi) is 6.59. The molecule has 0 aliphatic rings. The van der Waals surface area contributed by atoms with E-state index in [1.807, 2.05) is 42.5 Å². The number of esters is 2. The Morgan fingerprint density at radius 2 is 1.56 bits per heavy atom. The zero-order valence-corrected chi connectivity index (χ0v) is 14.1. The standard InChI is InChI=1S/C19H20N2O4/c1-24-18(22)12-17(19(23)25-2)21-16-10-8-15(9-11-16)20-13-14-6-4-3-5-7-14/h3-12,20-21H,13H2,1-2H3/b17-12+. The smallest absolute Gasteiger partial charge is 0.354 e. The molecular formula is C19H20N2O4. The highest BCUT2D eigenvalue weighted by atomic mass is 16.5. The highest BCUT2D eigenvalue weighted by molar-refractivity contribution is 5.98. The first-order chi connectivity index (χ1) is 12.1. The topological polar surface area (TPSA) is 76.7 Å². The highest BCUT2D eigenvalue weighted by Crippen LogP contribution is 2.16. The maximum Gasteiger partial charge on any atom is 0.354 e. The minimum atomic E-state index is -0.656. The number of carbonyl (C=O) groups is 2. The molecule has 0 aromatic heterocycles. The second kappa shape index (κ2) is 9.12. The van der Waals surface area contributed by atoms with Crippen molar-refractivity contribution in [2.75, 3.05) is 24.9 Å². The van der Waals surface area contributed by atoms with Gasteiger partial charge in [-0.2, -0.15) is 0 Å². The molecule has 2 aromatic rings. The van der Waals surface area contributed by atoms with Crippen LogP contribution in [0.15, 0.2) is 66.4 Å². The quantitative estimate of drug-likeness (QED) is 0.596. The summed E-state index contributed by atoms with van der Waals surface area (Å²) in [5, 5.41) is 6.16. The lowest BCUT2D eigenvalue weighted by Gasteiger charge is -2.11. The van der Waals surface area contributed by atoms with Gasteiger partial charge in [-0.1, -0.05) is 30.3 Å². The molecule has 25 heavy (non-hydrogen) atoms. The van der Waals surface area contributed by atoms with E-state index in [2.05, 4.69) is 20.1 Å². The normalized spacial score (nSPS) is 10.7. The van der Waals surface area contributed by atoms with Crippen LogP contribution in [-0.2, 0) is 25.6 Å². The summed E-state index contributed by atoms with van der Waals surface area (Å²) < 4.78 is 9.18. The Labute approximate surface area is 146 Å². The van der Waals surface area contributed by atoms with Crippen LogP contribution in [0.25, 0.3) is 0 Å². The van der Waals surface area contributed by atoms with Crippen LogP contribution in [0.3, 0.4) is 0 Å². The third kappa shape index (κ3) is 5.69. The van der Waals surface area contributed by atoms with Crippen LogP contribution in [0.5, 0.6) is 0 Å². The maximum atomic E-state index is 11.7. The fourth-order valence-electron chi connectivity index (χ4n) is 2.06. The molecule has 0 saturated carbocycles. The minimum absolute atomic E-state index is 0.000607. The van der Waals surface area contributed by atoms with Gasteiger partial charge in [0, 0.05) is 17.9 Å². The van der Waals surface area contributed by atoms with Crippen molar-refractivity contribution in [3.05, 3.63) is 71.9 Å². The first-order valence-corrected chi connectivity index (χ1v) is 7.65. The molecule has 6 nitrogen and oxygen atoms in total. The lowest BCUT2D eigenvalue weighted by Crippen LogP contribution is -2.15. The molecule has 0 saturated heterocycles. The molecule has 2 rings (SSSR count). The van der Waals surface area contributed by atoms with E-state index in [0.717, 1.165) is 11.8 Å². The summed E-state index contributed by atoms with van der Waals surface area (Å²) in [6, 6.07) is 17.4. The Bertz CT molecular complexity index is 740. The van der Waals surface area contributed by atoms with E-state index in [1.165, 1.54) is 19.8 Å². The molecule has 0 amide bonds. The average molecular weight is 340 g/mol. The van der Waals surface area contributed by atoms with E-state index in [1.54, 1.807) is 12.1 Å². The molecule has 0 atom stereocenters. The SMILES string of the molecule is COC(=O)/C=C(/Nc1ccc(NCc2ccccc2)cc1)C(=O)OC. The van der Waals surface area contributed by atoms with Crippen LogP contribution in [0.2, 0.25) is 0 Å². The largest absolute Gasteiger partial charge is 0.466 e. The first-order valence-electron chi connectivity index (χ1n) is 7.65. The Morgan fingerprint density at radius 1 is 0.920 bits per heavy atom. The third-order valence-corrected chi connectivity index (χ3v) is 3.37. The summed E-state index contributed by atoms with van der Waals surface area (Å²) >= 11 is 0. The second-order valence-corrected chi connectivity index (χ2v) is 5.11. The molecule has 6 heteroatoms. The number of benzene rings is 2. The number of nitrogens with one attached hydrogen (secondary N) is 2. The number of carbonyl (C=O) groups excluding carboxylic acids is 2. The maximum absolute atomic E-state index is 11.7.